The average Bonchev–Trinajstić information content (AvgIpc) is 2.50. The topological polar surface area (TPSA) is 22.1 Å². The van der Waals surface area contributed by atoms with Crippen molar-refractivity contribution in [3.63, 3.8) is 0 Å². The Labute approximate surface area is 135 Å². The van der Waals surface area contributed by atoms with Crippen LogP contribution < -0.4 is 4.74 Å². The molecule has 100 valence electrons. The molecule has 0 saturated carbocycles. The van der Waals surface area contributed by atoms with Crippen LogP contribution in [0.25, 0.3) is 10.8 Å². The molecule has 0 bridgehead atoms. The summed E-state index contributed by atoms with van der Waals surface area (Å²) in [6, 6.07) is 15.9. The van der Waals surface area contributed by atoms with Crippen LogP contribution >= 0.6 is 34.2 Å². The largest absolute Gasteiger partial charge is 0.437 e. The van der Waals surface area contributed by atoms with Crippen molar-refractivity contribution >= 4 is 45.0 Å². The molecule has 4 heteroatoms. The van der Waals surface area contributed by atoms with Crippen molar-refractivity contribution in [1.82, 2.24) is 4.98 Å². The molecule has 0 saturated heterocycles. The standard InChI is InChI=1S/C16H11ClINO/c17-9-11-10-19-16(13-6-2-1-5-12(11)13)20-15-8-4-3-7-14(15)18/h1-8,10H,9H2. The normalized spacial score (nSPS) is 10.7. The highest BCUT2D eigenvalue weighted by atomic mass is 127. The predicted octanol–water partition coefficient (Wildman–Crippen LogP) is 5.37. The van der Waals surface area contributed by atoms with Gasteiger partial charge in [0.1, 0.15) is 5.75 Å². The third-order valence-electron chi connectivity index (χ3n) is 3.03. The molecule has 0 spiro atoms. The van der Waals surface area contributed by atoms with E-state index < -0.39 is 0 Å². The van der Waals surface area contributed by atoms with Gasteiger partial charge in [-0.3, -0.25) is 0 Å². The van der Waals surface area contributed by atoms with Gasteiger partial charge in [0.05, 0.1) is 3.57 Å². The molecule has 0 N–H and O–H groups in total. The van der Waals surface area contributed by atoms with E-state index in [0.29, 0.717) is 11.8 Å². The van der Waals surface area contributed by atoms with Gasteiger partial charge < -0.3 is 4.74 Å². The number of para-hydroxylation sites is 1. The summed E-state index contributed by atoms with van der Waals surface area (Å²) in [6.45, 7) is 0. The van der Waals surface area contributed by atoms with Crippen molar-refractivity contribution in [2.45, 2.75) is 5.88 Å². The molecule has 1 heterocycles. The zero-order valence-corrected chi connectivity index (χ0v) is 13.4. The molecular weight excluding hydrogens is 385 g/mol. The number of alkyl halides is 1. The molecule has 0 radical (unpaired) electrons. The van der Waals surface area contributed by atoms with E-state index in [4.69, 9.17) is 16.3 Å². The molecule has 2 nitrogen and oxygen atoms in total. The first-order valence-corrected chi connectivity index (χ1v) is 7.76. The van der Waals surface area contributed by atoms with Crippen LogP contribution in [0.15, 0.2) is 54.7 Å². The van der Waals surface area contributed by atoms with E-state index in [1.54, 1.807) is 6.20 Å². The second-order valence-electron chi connectivity index (χ2n) is 4.30. The summed E-state index contributed by atoms with van der Waals surface area (Å²) in [7, 11) is 0. The Bertz CT molecular complexity index is 760. The van der Waals surface area contributed by atoms with Gasteiger partial charge in [0.15, 0.2) is 0 Å². The van der Waals surface area contributed by atoms with Gasteiger partial charge in [-0.25, -0.2) is 4.98 Å². The van der Waals surface area contributed by atoms with E-state index >= 15 is 0 Å². The first kappa shape index (κ1) is 13.6. The van der Waals surface area contributed by atoms with Gasteiger partial charge in [-0.1, -0.05) is 30.3 Å². The Morgan fingerprint density at radius 3 is 2.45 bits per heavy atom. The van der Waals surface area contributed by atoms with Crippen LogP contribution in [0.5, 0.6) is 11.6 Å². The predicted molar refractivity (Wildman–Crippen MR) is 90.5 cm³/mol. The number of hydrogen-bond acceptors (Lipinski definition) is 2. The second-order valence-corrected chi connectivity index (χ2v) is 5.73. The number of hydrogen-bond donors (Lipinski definition) is 0. The fraction of sp³-hybridized carbons (Fsp3) is 0.0625. The summed E-state index contributed by atoms with van der Waals surface area (Å²) in [5.74, 6) is 1.86. The number of ether oxygens (including phenoxy) is 1. The molecule has 1 aromatic heterocycles. The van der Waals surface area contributed by atoms with Crippen LogP contribution in [-0.4, -0.2) is 4.98 Å². The number of fused-ring (bicyclic) bond motifs is 1. The number of benzene rings is 2. The molecule has 3 rings (SSSR count). The maximum atomic E-state index is 5.96. The zero-order valence-electron chi connectivity index (χ0n) is 10.5. The summed E-state index contributed by atoms with van der Waals surface area (Å²) >= 11 is 8.21. The van der Waals surface area contributed by atoms with Crippen molar-refractivity contribution in [3.8, 4) is 11.6 Å². The van der Waals surface area contributed by atoms with E-state index in [1.807, 2.05) is 48.5 Å². The smallest absolute Gasteiger partial charge is 0.227 e. The number of aromatic nitrogens is 1. The summed E-state index contributed by atoms with van der Waals surface area (Å²) in [6.07, 6.45) is 1.78. The lowest BCUT2D eigenvalue weighted by Crippen LogP contribution is -1.93. The van der Waals surface area contributed by atoms with Crippen LogP contribution in [0.3, 0.4) is 0 Å². The van der Waals surface area contributed by atoms with E-state index in [-0.39, 0.29) is 0 Å². The maximum Gasteiger partial charge on any atom is 0.227 e. The van der Waals surface area contributed by atoms with Crippen molar-refractivity contribution in [1.29, 1.82) is 0 Å². The van der Waals surface area contributed by atoms with Crippen molar-refractivity contribution in [3.05, 3.63) is 63.9 Å². The summed E-state index contributed by atoms with van der Waals surface area (Å²) in [4.78, 5) is 4.40. The first-order chi connectivity index (χ1) is 9.79. The van der Waals surface area contributed by atoms with Crippen molar-refractivity contribution in [2.24, 2.45) is 0 Å². The van der Waals surface area contributed by atoms with Crippen LogP contribution in [0, 0.1) is 3.57 Å². The maximum absolute atomic E-state index is 5.96. The molecular formula is C16H11ClINO. The number of nitrogens with zero attached hydrogens (tertiary/aromatic N) is 1. The Kier molecular flexibility index (Phi) is 4.08. The number of pyridine rings is 1. The molecule has 0 amide bonds. The van der Waals surface area contributed by atoms with Gasteiger partial charge in [0.25, 0.3) is 0 Å². The summed E-state index contributed by atoms with van der Waals surface area (Å²) in [5, 5.41) is 2.06. The average molecular weight is 396 g/mol. The minimum atomic E-state index is 0.441. The molecule has 20 heavy (non-hydrogen) atoms. The van der Waals surface area contributed by atoms with E-state index in [9.17, 15) is 0 Å². The van der Waals surface area contributed by atoms with Gasteiger partial charge >= 0.3 is 0 Å². The molecule has 3 aromatic rings. The third-order valence-corrected chi connectivity index (χ3v) is 4.21. The minimum Gasteiger partial charge on any atom is -0.437 e. The molecule has 0 fully saturated rings. The van der Waals surface area contributed by atoms with Crippen molar-refractivity contribution in [2.75, 3.05) is 0 Å². The highest BCUT2D eigenvalue weighted by molar-refractivity contribution is 14.1. The van der Waals surface area contributed by atoms with Gasteiger partial charge in [-0.05, 0) is 51.7 Å². The second kappa shape index (κ2) is 5.97. The van der Waals surface area contributed by atoms with Gasteiger partial charge in [0.2, 0.25) is 5.88 Å². The quantitative estimate of drug-likeness (QED) is 0.439. The fourth-order valence-electron chi connectivity index (χ4n) is 2.04. The van der Waals surface area contributed by atoms with Crippen LogP contribution in [0.4, 0.5) is 0 Å². The van der Waals surface area contributed by atoms with E-state index in [0.717, 1.165) is 25.7 Å². The SMILES string of the molecule is ClCc1cnc(Oc2ccccc2I)c2ccccc12. The van der Waals surface area contributed by atoms with Crippen LogP contribution in [0.1, 0.15) is 5.56 Å². The van der Waals surface area contributed by atoms with E-state index in [2.05, 4.69) is 27.6 Å². The van der Waals surface area contributed by atoms with E-state index in [1.165, 1.54) is 0 Å². The summed E-state index contributed by atoms with van der Waals surface area (Å²) < 4.78 is 7.01. The lowest BCUT2D eigenvalue weighted by molar-refractivity contribution is 0.466. The Balaban J connectivity index is 2.11. The molecule has 2 aromatic carbocycles. The first-order valence-electron chi connectivity index (χ1n) is 6.14. The highest BCUT2D eigenvalue weighted by Gasteiger charge is 2.09. The Morgan fingerprint density at radius 1 is 1.00 bits per heavy atom. The fourth-order valence-corrected chi connectivity index (χ4v) is 2.76. The monoisotopic (exact) mass is 395 g/mol. The summed E-state index contributed by atoms with van der Waals surface area (Å²) in [5.41, 5.74) is 1.01. The molecule has 0 atom stereocenters. The van der Waals surface area contributed by atoms with Gasteiger partial charge in [-0.15, -0.1) is 11.6 Å². The van der Waals surface area contributed by atoms with Gasteiger partial charge in [0, 0.05) is 17.5 Å². The lowest BCUT2D eigenvalue weighted by Gasteiger charge is -2.11. The van der Waals surface area contributed by atoms with Crippen molar-refractivity contribution < 1.29 is 4.74 Å². The zero-order chi connectivity index (χ0) is 13.9. The molecule has 0 aliphatic carbocycles. The Hall–Kier alpha value is -1.33. The third kappa shape index (κ3) is 2.60. The molecule has 0 aliphatic heterocycles. The molecule has 0 unspecified atom stereocenters. The lowest BCUT2D eigenvalue weighted by atomic mass is 10.1. The highest BCUT2D eigenvalue weighted by Crippen LogP contribution is 2.32. The molecule has 0 aliphatic rings. The number of rotatable bonds is 3. The van der Waals surface area contributed by atoms with Crippen LogP contribution in [0.2, 0.25) is 0 Å². The van der Waals surface area contributed by atoms with Gasteiger partial charge in [-0.2, -0.15) is 0 Å². The van der Waals surface area contributed by atoms with Crippen LogP contribution in [-0.2, 0) is 5.88 Å². The Morgan fingerprint density at radius 2 is 1.70 bits per heavy atom. The number of halogens is 2. The minimum absolute atomic E-state index is 0.441.